The summed E-state index contributed by atoms with van der Waals surface area (Å²) in [5.41, 5.74) is 0. The molecule has 0 unspecified atom stereocenters. The number of anilines is 1. The van der Waals surface area contributed by atoms with Crippen molar-refractivity contribution in [2.45, 2.75) is 32.6 Å². The highest BCUT2D eigenvalue weighted by Crippen LogP contribution is 2.10. The second kappa shape index (κ2) is 5.70. The molecule has 1 aromatic rings. The summed E-state index contributed by atoms with van der Waals surface area (Å²) in [6, 6.07) is 1.82. The van der Waals surface area contributed by atoms with Crippen LogP contribution in [0.3, 0.4) is 0 Å². The molecule has 1 aromatic heterocycles. The molecule has 0 aromatic carbocycles. The first-order chi connectivity index (χ1) is 8.25. The van der Waals surface area contributed by atoms with Crippen molar-refractivity contribution in [2.75, 3.05) is 25.0 Å². The summed E-state index contributed by atoms with van der Waals surface area (Å²) in [5, 5.41) is 6.90. The van der Waals surface area contributed by atoms with Crippen molar-refractivity contribution in [1.29, 1.82) is 0 Å². The number of amides is 1. The number of piperidine rings is 1. The quantitative estimate of drug-likeness (QED) is 0.867. The summed E-state index contributed by atoms with van der Waals surface area (Å²) < 4.78 is 4.93. The second-order valence-corrected chi connectivity index (χ2v) is 4.44. The molecule has 2 rings (SSSR count). The van der Waals surface area contributed by atoms with E-state index in [2.05, 4.69) is 10.5 Å². The molecule has 0 bridgehead atoms. The molecular formula is C12H19N3O2. The number of carbonyl (C=O) groups is 1. The van der Waals surface area contributed by atoms with Crippen LogP contribution in [0.2, 0.25) is 0 Å². The van der Waals surface area contributed by atoms with Crippen molar-refractivity contribution in [1.82, 2.24) is 10.1 Å². The summed E-state index contributed by atoms with van der Waals surface area (Å²) >= 11 is 0. The fourth-order valence-electron chi connectivity index (χ4n) is 2.05. The SMILES string of the molecule is Cc1cc(NCCC(=O)N2CCCCC2)no1. The minimum Gasteiger partial charge on any atom is -0.367 e. The Labute approximate surface area is 101 Å². The molecule has 0 saturated carbocycles. The van der Waals surface area contributed by atoms with Gasteiger partial charge in [0.25, 0.3) is 0 Å². The van der Waals surface area contributed by atoms with Gasteiger partial charge in [0, 0.05) is 32.1 Å². The molecular weight excluding hydrogens is 218 g/mol. The monoisotopic (exact) mass is 237 g/mol. The first-order valence-electron chi connectivity index (χ1n) is 6.20. The molecule has 1 aliphatic rings. The maximum Gasteiger partial charge on any atom is 0.224 e. The van der Waals surface area contributed by atoms with E-state index in [1.165, 1.54) is 6.42 Å². The molecule has 1 fully saturated rings. The minimum atomic E-state index is 0.234. The average Bonchev–Trinajstić information content (AvgIpc) is 2.76. The van der Waals surface area contributed by atoms with Gasteiger partial charge in [-0.2, -0.15) is 0 Å². The third-order valence-corrected chi connectivity index (χ3v) is 2.98. The van der Waals surface area contributed by atoms with E-state index in [1.54, 1.807) is 0 Å². The first-order valence-corrected chi connectivity index (χ1v) is 6.20. The Hall–Kier alpha value is -1.52. The number of aryl methyl sites for hydroxylation is 1. The maximum absolute atomic E-state index is 11.8. The zero-order valence-corrected chi connectivity index (χ0v) is 10.2. The topological polar surface area (TPSA) is 58.4 Å². The van der Waals surface area contributed by atoms with Crippen molar-refractivity contribution in [3.8, 4) is 0 Å². The zero-order valence-electron chi connectivity index (χ0n) is 10.2. The summed E-state index contributed by atoms with van der Waals surface area (Å²) in [5.74, 6) is 1.71. The molecule has 0 atom stereocenters. The molecule has 0 radical (unpaired) electrons. The predicted molar refractivity (Wildman–Crippen MR) is 64.8 cm³/mol. The van der Waals surface area contributed by atoms with E-state index in [4.69, 9.17) is 4.52 Å². The normalized spacial score (nSPS) is 15.9. The van der Waals surface area contributed by atoms with Gasteiger partial charge in [0.2, 0.25) is 5.91 Å². The molecule has 2 heterocycles. The number of hydrogen-bond acceptors (Lipinski definition) is 4. The molecule has 0 aliphatic carbocycles. The highest BCUT2D eigenvalue weighted by atomic mass is 16.5. The van der Waals surface area contributed by atoms with Crippen LogP contribution in [0, 0.1) is 6.92 Å². The van der Waals surface area contributed by atoms with E-state index >= 15 is 0 Å². The van der Waals surface area contributed by atoms with Crippen molar-refractivity contribution >= 4 is 11.7 Å². The van der Waals surface area contributed by atoms with Crippen LogP contribution in [0.5, 0.6) is 0 Å². The zero-order chi connectivity index (χ0) is 12.1. The molecule has 5 heteroatoms. The van der Waals surface area contributed by atoms with Crippen molar-refractivity contribution < 1.29 is 9.32 Å². The van der Waals surface area contributed by atoms with Gasteiger partial charge in [-0.3, -0.25) is 4.79 Å². The minimum absolute atomic E-state index is 0.234. The Morgan fingerprint density at radius 2 is 2.24 bits per heavy atom. The lowest BCUT2D eigenvalue weighted by molar-refractivity contribution is -0.131. The predicted octanol–water partition coefficient (Wildman–Crippen LogP) is 1.80. The Morgan fingerprint density at radius 3 is 2.88 bits per heavy atom. The van der Waals surface area contributed by atoms with Gasteiger partial charge >= 0.3 is 0 Å². The van der Waals surface area contributed by atoms with E-state index < -0.39 is 0 Å². The molecule has 17 heavy (non-hydrogen) atoms. The van der Waals surface area contributed by atoms with Crippen molar-refractivity contribution in [3.63, 3.8) is 0 Å². The Bertz CT molecular complexity index is 370. The summed E-state index contributed by atoms with van der Waals surface area (Å²) in [4.78, 5) is 13.8. The van der Waals surface area contributed by atoms with Crippen LogP contribution in [-0.4, -0.2) is 35.6 Å². The number of carbonyl (C=O) groups excluding carboxylic acids is 1. The molecule has 0 spiro atoms. The molecule has 1 saturated heterocycles. The first kappa shape index (κ1) is 12.0. The van der Waals surface area contributed by atoms with Gasteiger partial charge in [0.15, 0.2) is 5.82 Å². The standard InChI is InChI=1S/C12H19N3O2/c1-10-9-11(14-17-10)13-6-5-12(16)15-7-3-2-4-8-15/h9H,2-8H2,1H3,(H,13,14). The van der Waals surface area contributed by atoms with Crippen molar-refractivity contribution in [2.24, 2.45) is 0 Å². The van der Waals surface area contributed by atoms with Crippen LogP contribution < -0.4 is 5.32 Å². The molecule has 1 N–H and O–H groups in total. The third-order valence-electron chi connectivity index (χ3n) is 2.98. The van der Waals surface area contributed by atoms with Crippen LogP contribution in [0.15, 0.2) is 10.6 Å². The lowest BCUT2D eigenvalue weighted by Crippen LogP contribution is -2.36. The van der Waals surface area contributed by atoms with Crippen LogP contribution in [0.1, 0.15) is 31.4 Å². The third kappa shape index (κ3) is 3.47. The van der Waals surface area contributed by atoms with E-state index in [1.807, 2.05) is 17.9 Å². The fourth-order valence-corrected chi connectivity index (χ4v) is 2.05. The van der Waals surface area contributed by atoms with Gasteiger partial charge < -0.3 is 14.7 Å². The molecule has 1 aliphatic heterocycles. The number of rotatable bonds is 4. The maximum atomic E-state index is 11.8. The molecule has 5 nitrogen and oxygen atoms in total. The van der Waals surface area contributed by atoms with Gasteiger partial charge in [-0.1, -0.05) is 5.16 Å². The van der Waals surface area contributed by atoms with Gasteiger partial charge in [0.1, 0.15) is 5.76 Å². The summed E-state index contributed by atoms with van der Waals surface area (Å²) in [6.07, 6.45) is 4.05. The number of hydrogen-bond donors (Lipinski definition) is 1. The summed E-state index contributed by atoms with van der Waals surface area (Å²) in [7, 11) is 0. The average molecular weight is 237 g/mol. The molecule has 94 valence electrons. The lowest BCUT2D eigenvalue weighted by Gasteiger charge is -2.26. The number of nitrogens with one attached hydrogen (secondary N) is 1. The van der Waals surface area contributed by atoms with Crippen molar-refractivity contribution in [3.05, 3.63) is 11.8 Å². The van der Waals surface area contributed by atoms with Gasteiger partial charge in [0.05, 0.1) is 0 Å². The Kier molecular flexibility index (Phi) is 4.01. The van der Waals surface area contributed by atoms with E-state index in [9.17, 15) is 4.79 Å². The Balaban J connectivity index is 1.69. The molecule has 1 amide bonds. The number of nitrogens with zero attached hydrogens (tertiary/aromatic N) is 2. The number of likely N-dealkylation sites (tertiary alicyclic amines) is 1. The van der Waals surface area contributed by atoms with Crippen LogP contribution in [0.4, 0.5) is 5.82 Å². The van der Waals surface area contributed by atoms with E-state index in [-0.39, 0.29) is 5.91 Å². The fraction of sp³-hybridized carbons (Fsp3) is 0.667. The highest BCUT2D eigenvalue weighted by molar-refractivity contribution is 5.76. The van der Waals surface area contributed by atoms with E-state index in [0.717, 1.165) is 31.7 Å². The number of aromatic nitrogens is 1. The smallest absolute Gasteiger partial charge is 0.224 e. The lowest BCUT2D eigenvalue weighted by atomic mass is 10.1. The van der Waals surface area contributed by atoms with E-state index in [0.29, 0.717) is 18.8 Å². The van der Waals surface area contributed by atoms with Crippen LogP contribution in [0.25, 0.3) is 0 Å². The summed E-state index contributed by atoms with van der Waals surface area (Å²) in [6.45, 7) is 4.29. The highest BCUT2D eigenvalue weighted by Gasteiger charge is 2.15. The largest absolute Gasteiger partial charge is 0.367 e. The Morgan fingerprint density at radius 1 is 1.47 bits per heavy atom. The van der Waals surface area contributed by atoms with Gasteiger partial charge in [-0.15, -0.1) is 0 Å². The second-order valence-electron chi connectivity index (χ2n) is 4.44. The van der Waals surface area contributed by atoms with Gasteiger partial charge in [-0.05, 0) is 26.2 Å². The van der Waals surface area contributed by atoms with Gasteiger partial charge in [-0.25, -0.2) is 0 Å². The van der Waals surface area contributed by atoms with Crippen LogP contribution >= 0.6 is 0 Å². The van der Waals surface area contributed by atoms with Crippen LogP contribution in [-0.2, 0) is 4.79 Å².